The van der Waals surface area contributed by atoms with Gasteiger partial charge in [0.15, 0.2) is 0 Å². The first-order valence-electron chi connectivity index (χ1n) is 12.1. The Morgan fingerprint density at radius 1 is 0.971 bits per heavy atom. The fourth-order valence-corrected chi connectivity index (χ4v) is 4.43. The molecule has 0 saturated carbocycles. The highest BCUT2D eigenvalue weighted by atomic mass is 16.5. The number of nitrogens with zero attached hydrogens (tertiary/aromatic N) is 3. The molecule has 1 unspecified atom stereocenters. The van der Waals surface area contributed by atoms with Gasteiger partial charge in [-0.1, -0.05) is 54.6 Å². The minimum Gasteiger partial charge on any atom is -0.492 e. The number of carbonyl (C=O) groups is 1. The molecule has 0 radical (unpaired) electrons. The number of para-hydroxylation sites is 3. The van der Waals surface area contributed by atoms with E-state index in [9.17, 15) is 9.59 Å². The predicted octanol–water partition coefficient (Wildman–Crippen LogP) is 5.33. The molecule has 1 heterocycles. The molecule has 6 heteroatoms. The highest BCUT2D eigenvalue weighted by molar-refractivity contribution is 5.79. The lowest BCUT2D eigenvalue weighted by molar-refractivity contribution is -0.133. The second kappa shape index (κ2) is 11.0. The summed E-state index contributed by atoms with van der Waals surface area (Å²) in [6, 6.07) is 24.3. The number of ether oxygens (including phenoxy) is 1. The van der Waals surface area contributed by atoms with Crippen molar-refractivity contribution >= 4 is 16.8 Å². The first-order valence-corrected chi connectivity index (χ1v) is 12.1. The van der Waals surface area contributed by atoms with Gasteiger partial charge in [-0.25, -0.2) is 4.98 Å². The quantitative estimate of drug-likeness (QED) is 0.333. The van der Waals surface area contributed by atoms with Gasteiger partial charge in [0.2, 0.25) is 5.91 Å². The SMILES string of the molecule is CCOc1ccccc1-n1c(C(C)N(CC)C(=O)CCc2ccccc2)nc2ccccc2c1=O. The average Bonchev–Trinajstić information content (AvgIpc) is 2.89. The van der Waals surface area contributed by atoms with E-state index >= 15 is 0 Å². The molecular formula is C29H31N3O3. The summed E-state index contributed by atoms with van der Waals surface area (Å²) in [5, 5.41) is 0.521. The number of hydrogen-bond donors (Lipinski definition) is 0. The normalized spacial score (nSPS) is 11.9. The van der Waals surface area contributed by atoms with Gasteiger partial charge in [0.05, 0.1) is 29.2 Å². The van der Waals surface area contributed by atoms with Crippen LogP contribution in [0.1, 0.15) is 44.6 Å². The second-order valence-electron chi connectivity index (χ2n) is 8.37. The highest BCUT2D eigenvalue weighted by Crippen LogP contribution is 2.28. The average molecular weight is 470 g/mol. The summed E-state index contributed by atoms with van der Waals surface area (Å²) in [7, 11) is 0. The summed E-state index contributed by atoms with van der Waals surface area (Å²) < 4.78 is 7.45. The number of aromatic nitrogens is 2. The van der Waals surface area contributed by atoms with Crippen LogP contribution in [0.5, 0.6) is 5.75 Å². The zero-order chi connectivity index (χ0) is 24.8. The molecule has 0 saturated heterocycles. The molecule has 6 nitrogen and oxygen atoms in total. The lowest BCUT2D eigenvalue weighted by atomic mass is 10.1. The van der Waals surface area contributed by atoms with Crippen LogP contribution in [0, 0.1) is 0 Å². The first-order chi connectivity index (χ1) is 17.0. The molecule has 180 valence electrons. The van der Waals surface area contributed by atoms with Crippen LogP contribution in [-0.4, -0.2) is 33.5 Å². The Labute approximate surface area is 205 Å². The van der Waals surface area contributed by atoms with Crippen LogP contribution in [0.25, 0.3) is 16.6 Å². The van der Waals surface area contributed by atoms with Gasteiger partial charge in [-0.2, -0.15) is 0 Å². The largest absolute Gasteiger partial charge is 0.492 e. The third-order valence-corrected chi connectivity index (χ3v) is 6.18. The number of rotatable bonds is 9. The molecule has 4 aromatic rings. The topological polar surface area (TPSA) is 64.4 Å². The summed E-state index contributed by atoms with van der Waals surface area (Å²) >= 11 is 0. The summed E-state index contributed by atoms with van der Waals surface area (Å²) in [5.74, 6) is 1.13. The van der Waals surface area contributed by atoms with Crippen LogP contribution in [-0.2, 0) is 11.2 Å². The Morgan fingerprint density at radius 3 is 2.40 bits per heavy atom. The van der Waals surface area contributed by atoms with Gasteiger partial charge in [-0.15, -0.1) is 0 Å². The van der Waals surface area contributed by atoms with Crippen molar-refractivity contribution in [2.75, 3.05) is 13.2 Å². The Morgan fingerprint density at radius 2 is 1.66 bits per heavy atom. The van der Waals surface area contributed by atoms with Crippen LogP contribution in [0.2, 0.25) is 0 Å². The Balaban J connectivity index is 1.79. The monoisotopic (exact) mass is 469 g/mol. The van der Waals surface area contributed by atoms with E-state index in [0.29, 0.717) is 54.2 Å². The molecular weight excluding hydrogens is 438 g/mol. The highest BCUT2D eigenvalue weighted by Gasteiger charge is 2.26. The number of amides is 1. The summed E-state index contributed by atoms with van der Waals surface area (Å²) in [6.07, 6.45) is 1.05. The van der Waals surface area contributed by atoms with Crippen molar-refractivity contribution in [2.45, 2.75) is 39.7 Å². The number of benzene rings is 3. The molecule has 4 rings (SSSR count). The molecule has 3 aromatic carbocycles. The van der Waals surface area contributed by atoms with E-state index in [0.717, 1.165) is 5.56 Å². The van der Waals surface area contributed by atoms with Crippen molar-refractivity contribution in [3.63, 3.8) is 0 Å². The molecule has 0 bridgehead atoms. The Hall–Kier alpha value is -3.93. The molecule has 1 aromatic heterocycles. The van der Waals surface area contributed by atoms with E-state index in [2.05, 4.69) is 0 Å². The van der Waals surface area contributed by atoms with Gasteiger partial charge < -0.3 is 9.64 Å². The molecule has 0 spiro atoms. The van der Waals surface area contributed by atoms with Gasteiger partial charge >= 0.3 is 0 Å². The van der Waals surface area contributed by atoms with Gasteiger partial charge in [-0.3, -0.25) is 14.2 Å². The smallest absolute Gasteiger partial charge is 0.266 e. The molecule has 0 aliphatic carbocycles. The van der Waals surface area contributed by atoms with Crippen LogP contribution < -0.4 is 10.3 Å². The molecule has 0 aliphatic heterocycles. The van der Waals surface area contributed by atoms with Crippen LogP contribution in [0.15, 0.2) is 83.7 Å². The van der Waals surface area contributed by atoms with E-state index in [1.54, 1.807) is 15.5 Å². The Kier molecular flexibility index (Phi) is 7.60. The van der Waals surface area contributed by atoms with E-state index in [1.165, 1.54) is 0 Å². The molecule has 1 amide bonds. The maximum Gasteiger partial charge on any atom is 0.266 e. The summed E-state index contributed by atoms with van der Waals surface area (Å²) in [5.41, 5.74) is 2.16. The van der Waals surface area contributed by atoms with E-state index in [1.807, 2.05) is 93.6 Å². The van der Waals surface area contributed by atoms with E-state index in [4.69, 9.17) is 9.72 Å². The molecule has 1 atom stereocenters. The van der Waals surface area contributed by atoms with Crippen molar-refractivity contribution in [3.05, 3.63) is 101 Å². The predicted molar refractivity (Wildman–Crippen MR) is 139 cm³/mol. The third kappa shape index (κ3) is 5.11. The fourth-order valence-electron chi connectivity index (χ4n) is 4.43. The maximum atomic E-state index is 13.8. The van der Waals surface area contributed by atoms with Crippen molar-refractivity contribution in [1.29, 1.82) is 0 Å². The maximum absolute atomic E-state index is 13.8. The van der Waals surface area contributed by atoms with Crippen LogP contribution >= 0.6 is 0 Å². The van der Waals surface area contributed by atoms with E-state index in [-0.39, 0.29) is 11.5 Å². The van der Waals surface area contributed by atoms with Gasteiger partial charge in [0.1, 0.15) is 11.6 Å². The molecule has 0 aliphatic rings. The minimum absolute atomic E-state index is 0.0240. The summed E-state index contributed by atoms with van der Waals surface area (Å²) in [6.45, 7) is 6.77. The van der Waals surface area contributed by atoms with Gasteiger partial charge in [0.25, 0.3) is 5.56 Å². The Bertz CT molecular complexity index is 1360. The number of carbonyl (C=O) groups excluding carboxylic acids is 1. The van der Waals surface area contributed by atoms with Crippen molar-refractivity contribution in [2.24, 2.45) is 0 Å². The zero-order valence-electron chi connectivity index (χ0n) is 20.5. The van der Waals surface area contributed by atoms with Crippen molar-refractivity contribution < 1.29 is 9.53 Å². The van der Waals surface area contributed by atoms with Crippen LogP contribution in [0.4, 0.5) is 0 Å². The molecule has 0 N–H and O–H groups in total. The lowest BCUT2D eigenvalue weighted by Crippen LogP contribution is -2.37. The number of hydrogen-bond acceptors (Lipinski definition) is 4. The zero-order valence-corrected chi connectivity index (χ0v) is 20.5. The molecule has 35 heavy (non-hydrogen) atoms. The minimum atomic E-state index is -0.421. The molecule has 0 fully saturated rings. The summed E-state index contributed by atoms with van der Waals surface area (Å²) in [4.78, 5) is 33.8. The van der Waals surface area contributed by atoms with E-state index < -0.39 is 6.04 Å². The number of aryl methyl sites for hydroxylation is 1. The third-order valence-electron chi connectivity index (χ3n) is 6.18. The van der Waals surface area contributed by atoms with Crippen molar-refractivity contribution in [3.8, 4) is 11.4 Å². The number of fused-ring (bicyclic) bond motifs is 1. The van der Waals surface area contributed by atoms with Gasteiger partial charge in [0, 0.05) is 13.0 Å². The first kappa shape index (κ1) is 24.2. The standard InChI is InChI=1S/C29H31N3O3/c1-4-31(27(33)20-19-22-13-7-6-8-14-22)21(3)28-30-24-16-10-9-15-23(24)29(34)32(28)25-17-11-12-18-26(25)35-5-2/h6-18,21H,4-5,19-20H2,1-3H3. The fraction of sp³-hybridized carbons (Fsp3) is 0.276. The van der Waals surface area contributed by atoms with Crippen molar-refractivity contribution in [1.82, 2.24) is 14.5 Å². The lowest BCUT2D eigenvalue weighted by Gasteiger charge is -2.30. The van der Waals surface area contributed by atoms with Gasteiger partial charge in [-0.05, 0) is 57.0 Å². The second-order valence-corrected chi connectivity index (χ2v) is 8.37. The van der Waals surface area contributed by atoms with Crippen LogP contribution in [0.3, 0.4) is 0 Å².